The SMILES string of the molecule is O=C(c1cc(C(F)(F)F)[nH]n1)N(CCN1CCCCCC1)Cc1cccc([N+](=O)[O-])c1Cl. The fourth-order valence-electron chi connectivity index (χ4n) is 3.65. The number of carbonyl (C=O) groups excluding carboxylic acids is 1. The van der Waals surface area contributed by atoms with Crippen LogP contribution in [0.4, 0.5) is 18.9 Å². The molecule has 0 spiro atoms. The molecule has 1 N–H and O–H groups in total. The van der Waals surface area contributed by atoms with E-state index in [1.54, 1.807) is 6.07 Å². The quantitative estimate of drug-likeness (QED) is 0.471. The average molecular weight is 474 g/mol. The molecule has 1 aliphatic heterocycles. The van der Waals surface area contributed by atoms with E-state index in [4.69, 9.17) is 11.6 Å². The first-order valence-corrected chi connectivity index (χ1v) is 10.6. The third-order valence-corrected chi connectivity index (χ3v) is 5.83. The first-order valence-electron chi connectivity index (χ1n) is 10.2. The number of likely N-dealkylation sites (tertiary alicyclic amines) is 1. The Morgan fingerprint density at radius 2 is 1.94 bits per heavy atom. The summed E-state index contributed by atoms with van der Waals surface area (Å²) in [5.41, 5.74) is -1.48. The van der Waals surface area contributed by atoms with Crippen LogP contribution < -0.4 is 0 Å². The molecule has 32 heavy (non-hydrogen) atoms. The van der Waals surface area contributed by atoms with Crippen molar-refractivity contribution in [2.24, 2.45) is 0 Å². The number of nitrogens with zero attached hydrogens (tertiary/aromatic N) is 4. The number of hydrogen-bond acceptors (Lipinski definition) is 5. The topological polar surface area (TPSA) is 95.4 Å². The molecular weight excluding hydrogens is 451 g/mol. The van der Waals surface area contributed by atoms with E-state index in [2.05, 4.69) is 10.00 Å². The van der Waals surface area contributed by atoms with Gasteiger partial charge in [0, 0.05) is 31.8 Å². The standard InChI is InChI=1S/C20H23ClF3N5O3/c21-18-14(6-5-7-16(18)29(31)32)13-28(11-10-27-8-3-1-2-4-9-27)19(30)15-12-17(26-25-15)20(22,23)24/h5-7,12H,1-4,8-11,13H2,(H,25,26). The fourth-order valence-corrected chi connectivity index (χ4v) is 3.90. The van der Waals surface area contributed by atoms with Crippen LogP contribution in [-0.2, 0) is 12.7 Å². The largest absolute Gasteiger partial charge is 0.432 e. The van der Waals surface area contributed by atoms with Crippen molar-refractivity contribution in [3.63, 3.8) is 0 Å². The smallest absolute Gasteiger partial charge is 0.332 e. The number of nitro benzene ring substituents is 1. The van der Waals surface area contributed by atoms with Crippen molar-refractivity contribution in [3.05, 3.63) is 56.4 Å². The number of benzene rings is 1. The maximum atomic E-state index is 13.0. The van der Waals surface area contributed by atoms with Gasteiger partial charge in [-0.1, -0.05) is 36.6 Å². The van der Waals surface area contributed by atoms with Crippen LogP contribution in [0.25, 0.3) is 0 Å². The van der Waals surface area contributed by atoms with Crippen LogP contribution in [0.2, 0.25) is 5.02 Å². The molecule has 12 heteroatoms. The molecular formula is C20H23ClF3N5O3. The number of nitro groups is 1. The maximum absolute atomic E-state index is 13.0. The van der Waals surface area contributed by atoms with Gasteiger partial charge < -0.3 is 9.80 Å². The van der Waals surface area contributed by atoms with Gasteiger partial charge in [0.2, 0.25) is 0 Å². The number of hydrogen-bond donors (Lipinski definition) is 1. The van der Waals surface area contributed by atoms with Crippen molar-refractivity contribution >= 4 is 23.2 Å². The molecule has 174 valence electrons. The van der Waals surface area contributed by atoms with Crippen LogP contribution in [0.1, 0.15) is 47.4 Å². The van der Waals surface area contributed by atoms with Crippen LogP contribution in [0, 0.1) is 10.1 Å². The molecule has 1 aliphatic rings. The van der Waals surface area contributed by atoms with Crippen molar-refractivity contribution in [2.45, 2.75) is 38.4 Å². The number of halogens is 4. The van der Waals surface area contributed by atoms with Crippen molar-refractivity contribution in [2.75, 3.05) is 26.2 Å². The second-order valence-electron chi connectivity index (χ2n) is 7.65. The Balaban J connectivity index is 1.83. The van der Waals surface area contributed by atoms with Gasteiger partial charge in [-0.05, 0) is 31.5 Å². The first-order chi connectivity index (χ1) is 15.2. The summed E-state index contributed by atoms with van der Waals surface area (Å²) in [5, 5.41) is 16.5. The third-order valence-electron chi connectivity index (χ3n) is 5.39. The van der Waals surface area contributed by atoms with Gasteiger partial charge in [0.15, 0.2) is 5.69 Å². The van der Waals surface area contributed by atoms with E-state index >= 15 is 0 Å². The maximum Gasteiger partial charge on any atom is 0.432 e. The summed E-state index contributed by atoms with van der Waals surface area (Å²) in [7, 11) is 0. The van der Waals surface area contributed by atoms with E-state index in [9.17, 15) is 28.1 Å². The number of amides is 1. The Hall–Kier alpha value is -2.66. The molecule has 8 nitrogen and oxygen atoms in total. The lowest BCUT2D eigenvalue weighted by atomic mass is 10.1. The van der Waals surface area contributed by atoms with Crippen molar-refractivity contribution < 1.29 is 22.9 Å². The van der Waals surface area contributed by atoms with Crippen LogP contribution in [0.5, 0.6) is 0 Å². The zero-order valence-corrected chi connectivity index (χ0v) is 18.0. The van der Waals surface area contributed by atoms with Gasteiger partial charge in [-0.2, -0.15) is 18.3 Å². The Bertz CT molecular complexity index is 958. The number of nitrogens with one attached hydrogen (secondary N) is 1. The number of aromatic amines is 1. The number of aromatic nitrogens is 2. The van der Waals surface area contributed by atoms with Gasteiger partial charge in [0.05, 0.1) is 4.92 Å². The molecule has 0 aliphatic carbocycles. The van der Waals surface area contributed by atoms with Crippen molar-refractivity contribution in [1.29, 1.82) is 0 Å². The molecule has 1 amide bonds. The van der Waals surface area contributed by atoms with E-state index in [0.717, 1.165) is 38.8 Å². The second-order valence-corrected chi connectivity index (χ2v) is 8.03. The van der Waals surface area contributed by atoms with E-state index in [1.165, 1.54) is 17.0 Å². The van der Waals surface area contributed by atoms with Crippen molar-refractivity contribution in [1.82, 2.24) is 20.0 Å². The normalized spacial score (nSPS) is 15.4. The molecule has 0 bridgehead atoms. The molecule has 1 aromatic carbocycles. The van der Waals surface area contributed by atoms with Crippen LogP contribution in [-0.4, -0.2) is 57.0 Å². The Kier molecular flexibility index (Phi) is 7.73. The summed E-state index contributed by atoms with van der Waals surface area (Å²) < 4.78 is 38.8. The number of rotatable bonds is 7. The van der Waals surface area contributed by atoms with Gasteiger partial charge in [-0.25, -0.2) is 0 Å². The van der Waals surface area contributed by atoms with Crippen molar-refractivity contribution in [3.8, 4) is 0 Å². The van der Waals surface area contributed by atoms with Crippen LogP contribution in [0.15, 0.2) is 24.3 Å². The zero-order chi connectivity index (χ0) is 23.3. The summed E-state index contributed by atoms with van der Waals surface area (Å²) in [5.74, 6) is -0.714. The highest BCUT2D eigenvalue weighted by molar-refractivity contribution is 6.33. The van der Waals surface area contributed by atoms with Gasteiger partial charge in [0.25, 0.3) is 11.6 Å². The van der Waals surface area contributed by atoms with E-state index in [-0.39, 0.29) is 29.5 Å². The summed E-state index contributed by atoms with van der Waals surface area (Å²) >= 11 is 6.17. The second kappa shape index (κ2) is 10.3. The highest BCUT2D eigenvalue weighted by atomic mass is 35.5. The third kappa shape index (κ3) is 5.98. The van der Waals surface area contributed by atoms with Gasteiger partial charge in [0.1, 0.15) is 10.7 Å². The predicted octanol–water partition coefficient (Wildman–Crippen LogP) is 4.51. The van der Waals surface area contributed by atoms with E-state index in [0.29, 0.717) is 18.2 Å². The number of H-pyrrole nitrogens is 1. The summed E-state index contributed by atoms with van der Waals surface area (Å²) in [6.45, 7) is 2.39. The monoisotopic (exact) mass is 473 g/mol. The molecule has 0 unspecified atom stereocenters. The minimum Gasteiger partial charge on any atom is -0.332 e. The van der Waals surface area contributed by atoms with Gasteiger partial charge >= 0.3 is 6.18 Å². The molecule has 2 aromatic rings. The molecule has 3 rings (SSSR count). The zero-order valence-electron chi connectivity index (χ0n) is 17.2. The lowest BCUT2D eigenvalue weighted by molar-refractivity contribution is -0.384. The molecule has 2 heterocycles. The molecule has 1 aromatic heterocycles. The number of alkyl halides is 3. The van der Waals surface area contributed by atoms with Crippen LogP contribution >= 0.6 is 11.6 Å². The molecule has 0 saturated carbocycles. The summed E-state index contributed by atoms with van der Waals surface area (Å²) in [6, 6.07) is 4.91. The lowest BCUT2D eigenvalue weighted by Crippen LogP contribution is -2.39. The molecule has 1 saturated heterocycles. The predicted molar refractivity (Wildman–Crippen MR) is 111 cm³/mol. The highest BCUT2D eigenvalue weighted by Gasteiger charge is 2.34. The van der Waals surface area contributed by atoms with Gasteiger partial charge in [-0.3, -0.25) is 20.0 Å². The Labute approximate surface area is 187 Å². The van der Waals surface area contributed by atoms with E-state index < -0.39 is 22.7 Å². The van der Waals surface area contributed by atoms with Crippen LogP contribution in [0.3, 0.4) is 0 Å². The van der Waals surface area contributed by atoms with E-state index in [1.807, 2.05) is 5.10 Å². The average Bonchev–Trinajstić information content (AvgIpc) is 3.10. The fraction of sp³-hybridized carbons (Fsp3) is 0.500. The molecule has 0 radical (unpaired) electrons. The summed E-state index contributed by atoms with van der Waals surface area (Å²) in [6.07, 6.45) is -0.310. The minimum atomic E-state index is -4.66. The molecule has 0 atom stereocenters. The highest BCUT2D eigenvalue weighted by Crippen LogP contribution is 2.30. The molecule has 1 fully saturated rings. The lowest BCUT2D eigenvalue weighted by Gasteiger charge is -2.27. The number of carbonyl (C=O) groups is 1. The minimum absolute atomic E-state index is 0.0958. The summed E-state index contributed by atoms with van der Waals surface area (Å²) in [4.78, 5) is 27.1. The Morgan fingerprint density at radius 1 is 1.25 bits per heavy atom. The first kappa shape index (κ1) is 24.0. The van der Waals surface area contributed by atoms with Gasteiger partial charge in [-0.15, -0.1) is 0 Å². The Morgan fingerprint density at radius 3 is 2.53 bits per heavy atom.